The van der Waals surface area contributed by atoms with Crippen LogP contribution in [-0.4, -0.2) is 86.4 Å². The molecule has 3 atom stereocenters. The predicted molar refractivity (Wildman–Crippen MR) is 174 cm³/mol. The van der Waals surface area contributed by atoms with Gasteiger partial charge in [-0.05, 0) is 24.1 Å². The number of anilines is 2. The number of carbonyl (C=O) groups is 1. The normalized spacial score (nSPS) is 21.2. The number of phosphoric ester groups is 1. The molecule has 5 heterocycles. The van der Waals surface area contributed by atoms with Gasteiger partial charge < -0.3 is 34.2 Å². The number of quaternary nitrogens is 1. The van der Waals surface area contributed by atoms with Gasteiger partial charge in [-0.15, -0.1) is 0 Å². The molecule has 3 aromatic heterocycles. The number of hydrogen-bond acceptors (Lipinski definition) is 8. The zero-order valence-electron chi connectivity index (χ0n) is 26.3. The van der Waals surface area contributed by atoms with Gasteiger partial charge in [-0.25, -0.2) is 28.1 Å². The number of carboxylic acid groups (broad SMARTS) is 1. The number of aryl methyl sites for hydroxylation is 1. The number of phosphoric acid groups is 1. The summed E-state index contributed by atoms with van der Waals surface area (Å²) in [6.07, 6.45) is 5.60. The number of nitrogens with zero attached hydrogens (tertiary/aromatic N) is 6. The standard InChI is InChI=1S/C32H31FN7O7P/c1-34-23-9-22(33)28(35-2)26-18(23)8-24-27(26)29(39-6-5-16-13-40(4,14-25(16)39)15-47-48(44,45)46)20(11-36-24)17-7-19-30(41)21(32(42)43)12-38(3)31(19)37-10-17/h7,9-12,16,25,34H,5-6,8,13-15H2,1,3-4H3,(H2-,42,43,44,45,46)/p+1/t16-,25+,40?/m0/s1. The van der Waals surface area contributed by atoms with Crippen LogP contribution in [0, 0.1) is 18.3 Å². The molecule has 48 heavy (non-hydrogen) atoms. The first-order chi connectivity index (χ1) is 22.7. The molecular weight excluding hydrogens is 644 g/mol. The van der Waals surface area contributed by atoms with Crippen LogP contribution in [0.4, 0.5) is 21.5 Å². The molecule has 4 aromatic rings. The second-order valence-corrected chi connectivity index (χ2v) is 14.2. The van der Waals surface area contributed by atoms with Crippen LogP contribution in [0.5, 0.6) is 0 Å². The average Bonchev–Trinajstić information content (AvgIpc) is 3.71. The first kappa shape index (κ1) is 31.9. The van der Waals surface area contributed by atoms with Gasteiger partial charge in [0, 0.05) is 79.5 Å². The lowest BCUT2D eigenvalue weighted by molar-refractivity contribution is -0.915. The highest BCUT2D eigenvalue weighted by molar-refractivity contribution is 7.46. The summed E-state index contributed by atoms with van der Waals surface area (Å²) in [6.45, 7) is 9.45. The van der Waals surface area contributed by atoms with Crippen molar-refractivity contribution in [2.45, 2.75) is 18.9 Å². The number of fused-ring (bicyclic) bond motifs is 5. The Bertz CT molecular complexity index is 2210. The van der Waals surface area contributed by atoms with E-state index in [2.05, 4.69) is 20.0 Å². The Morgan fingerprint density at radius 3 is 2.71 bits per heavy atom. The van der Waals surface area contributed by atoms with Crippen LogP contribution < -0.4 is 15.6 Å². The van der Waals surface area contributed by atoms with Gasteiger partial charge in [0.15, 0.2) is 6.73 Å². The van der Waals surface area contributed by atoms with Crippen molar-refractivity contribution in [3.63, 3.8) is 0 Å². The molecule has 3 aliphatic rings. The first-order valence-electron chi connectivity index (χ1n) is 15.2. The molecule has 16 heteroatoms. The van der Waals surface area contributed by atoms with Crippen molar-refractivity contribution in [1.82, 2.24) is 14.5 Å². The van der Waals surface area contributed by atoms with Gasteiger partial charge in [0.05, 0.1) is 43.0 Å². The summed E-state index contributed by atoms with van der Waals surface area (Å²) in [6, 6.07) is 2.80. The van der Waals surface area contributed by atoms with Crippen molar-refractivity contribution < 1.29 is 37.7 Å². The van der Waals surface area contributed by atoms with Gasteiger partial charge in [0.2, 0.25) is 11.1 Å². The second kappa shape index (κ2) is 11.2. The number of nitrogens with one attached hydrogen (secondary N) is 1. The van der Waals surface area contributed by atoms with E-state index in [1.165, 1.54) is 16.8 Å². The third kappa shape index (κ3) is 5.04. The van der Waals surface area contributed by atoms with E-state index in [1.54, 1.807) is 32.6 Å². The van der Waals surface area contributed by atoms with Crippen molar-refractivity contribution >= 4 is 41.9 Å². The van der Waals surface area contributed by atoms with E-state index >= 15 is 4.39 Å². The molecule has 2 fully saturated rings. The number of rotatable bonds is 7. The molecule has 2 aliphatic heterocycles. The Balaban J connectivity index is 1.47. The fourth-order valence-electron chi connectivity index (χ4n) is 7.81. The summed E-state index contributed by atoms with van der Waals surface area (Å²) in [5, 5.41) is 12.8. The molecule has 7 rings (SSSR count). The van der Waals surface area contributed by atoms with Crippen molar-refractivity contribution in [2.75, 3.05) is 50.7 Å². The van der Waals surface area contributed by atoms with E-state index in [-0.39, 0.29) is 34.2 Å². The molecular formula is C32H32FN7O7P+. The number of likely N-dealkylation sites (tertiary alicyclic amines) is 1. The quantitative estimate of drug-likeness (QED) is 0.113. The molecule has 2 saturated heterocycles. The molecule has 248 valence electrons. The minimum Gasteiger partial charge on any atom is -0.477 e. The highest BCUT2D eigenvalue weighted by atomic mass is 31.2. The number of benzene rings is 1. The molecule has 0 spiro atoms. The Labute approximate surface area is 273 Å². The summed E-state index contributed by atoms with van der Waals surface area (Å²) < 4.78 is 33.8. The lowest BCUT2D eigenvalue weighted by Gasteiger charge is -2.34. The molecule has 4 N–H and O–H groups in total. The average molecular weight is 677 g/mol. The number of aromatic nitrogens is 3. The van der Waals surface area contributed by atoms with E-state index in [9.17, 15) is 29.0 Å². The molecule has 14 nitrogen and oxygen atoms in total. The Hall–Kier alpha value is -4.71. The van der Waals surface area contributed by atoms with Gasteiger partial charge in [-0.3, -0.25) is 9.78 Å². The maximum atomic E-state index is 15.5. The number of pyridine rings is 3. The minimum atomic E-state index is -4.70. The number of hydrogen-bond donors (Lipinski definition) is 4. The van der Waals surface area contributed by atoms with Crippen molar-refractivity contribution in [1.29, 1.82) is 0 Å². The van der Waals surface area contributed by atoms with Crippen LogP contribution in [0.1, 0.15) is 28.0 Å². The number of aromatic carboxylic acids is 1. The third-order valence-corrected chi connectivity index (χ3v) is 10.3. The molecule has 0 bridgehead atoms. The van der Waals surface area contributed by atoms with Crippen LogP contribution in [0.25, 0.3) is 38.1 Å². The lowest BCUT2D eigenvalue weighted by Crippen LogP contribution is -2.46. The molecule has 0 radical (unpaired) electrons. The van der Waals surface area contributed by atoms with Crippen molar-refractivity contribution in [3.8, 4) is 22.3 Å². The minimum absolute atomic E-state index is 0.103. The van der Waals surface area contributed by atoms with E-state index in [1.807, 2.05) is 7.05 Å². The fraction of sp³-hybridized carbons (Fsp3) is 0.344. The molecule has 1 aliphatic carbocycles. The number of likely N-dealkylation sites (N-methyl/N-ethyl adjacent to an activating group) is 1. The maximum Gasteiger partial charge on any atom is 0.474 e. The van der Waals surface area contributed by atoms with Gasteiger partial charge in [0.25, 0.3) is 0 Å². The maximum absolute atomic E-state index is 15.5. The van der Waals surface area contributed by atoms with Crippen molar-refractivity contribution in [2.24, 2.45) is 13.0 Å². The highest BCUT2D eigenvalue weighted by Crippen LogP contribution is 2.55. The van der Waals surface area contributed by atoms with Crippen LogP contribution in [-0.2, 0) is 22.6 Å². The zero-order chi connectivity index (χ0) is 34.3. The summed E-state index contributed by atoms with van der Waals surface area (Å²) in [5.41, 5.74) is 3.78. The topological polar surface area (TPSA) is 171 Å². The second-order valence-electron chi connectivity index (χ2n) is 12.9. The van der Waals surface area contributed by atoms with E-state index in [0.717, 1.165) is 12.0 Å². The summed E-state index contributed by atoms with van der Waals surface area (Å²) in [7, 11) is 0.477. The molecule has 0 saturated carbocycles. The Morgan fingerprint density at radius 2 is 2.02 bits per heavy atom. The number of carboxylic acids is 1. The van der Waals surface area contributed by atoms with E-state index in [0.29, 0.717) is 71.0 Å². The lowest BCUT2D eigenvalue weighted by atomic mass is 9.95. The first-order valence-corrected chi connectivity index (χ1v) is 16.7. The zero-order valence-corrected chi connectivity index (χ0v) is 27.2. The van der Waals surface area contributed by atoms with Gasteiger partial charge in [0.1, 0.15) is 23.6 Å². The van der Waals surface area contributed by atoms with Crippen LogP contribution in [0.15, 0.2) is 35.5 Å². The van der Waals surface area contributed by atoms with Gasteiger partial charge in [-0.2, -0.15) is 0 Å². The van der Waals surface area contributed by atoms with E-state index in [4.69, 9.17) is 16.1 Å². The van der Waals surface area contributed by atoms with E-state index < -0.39 is 30.6 Å². The molecule has 1 unspecified atom stereocenters. The molecule has 0 amide bonds. The highest BCUT2D eigenvalue weighted by Gasteiger charge is 2.51. The summed E-state index contributed by atoms with van der Waals surface area (Å²) in [5.74, 6) is -1.90. The van der Waals surface area contributed by atoms with Crippen LogP contribution in [0.2, 0.25) is 0 Å². The Morgan fingerprint density at radius 1 is 1.25 bits per heavy atom. The summed E-state index contributed by atoms with van der Waals surface area (Å²) >= 11 is 0. The SMILES string of the molecule is [C-]#[N+]c1c(F)cc(NC)c2c1-c1c(ncc(-c3cnc4c(c3)c(=O)c(C(=O)O)cn4C)c1N1CC[C@H]3C[N+](C)(COP(=O)(O)O)C[C@H]31)C2. The predicted octanol–water partition coefficient (Wildman–Crippen LogP) is 3.72. The third-order valence-electron chi connectivity index (χ3n) is 9.83. The van der Waals surface area contributed by atoms with Gasteiger partial charge in [-0.1, -0.05) is 0 Å². The monoisotopic (exact) mass is 676 g/mol. The summed E-state index contributed by atoms with van der Waals surface area (Å²) in [4.78, 5) is 59.2. The largest absolute Gasteiger partial charge is 0.477 e. The van der Waals surface area contributed by atoms with Crippen LogP contribution in [0.3, 0.4) is 0 Å². The van der Waals surface area contributed by atoms with Gasteiger partial charge >= 0.3 is 13.8 Å². The smallest absolute Gasteiger partial charge is 0.474 e. The Kier molecular flexibility index (Phi) is 7.43. The van der Waals surface area contributed by atoms with Crippen LogP contribution >= 0.6 is 7.82 Å². The number of halogens is 1. The molecule has 1 aromatic carbocycles. The fourth-order valence-corrected chi connectivity index (χ4v) is 8.24. The van der Waals surface area contributed by atoms with Crippen molar-refractivity contribution in [3.05, 3.63) is 75.0 Å².